The second-order valence-corrected chi connectivity index (χ2v) is 5.30. The van der Waals surface area contributed by atoms with Gasteiger partial charge >= 0.3 is 0 Å². The zero-order valence-corrected chi connectivity index (χ0v) is 11.7. The molecule has 1 heterocycles. The number of piperidine rings is 1. The first-order chi connectivity index (χ1) is 9.14. The van der Waals surface area contributed by atoms with E-state index >= 15 is 0 Å². The lowest BCUT2D eigenvalue weighted by Crippen LogP contribution is -2.54. The van der Waals surface area contributed by atoms with Crippen molar-refractivity contribution < 1.29 is 9.53 Å². The quantitative estimate of drug-likeness (QED) is 0.875. The van der Waals surface area contributed by atoms with Gasteiger partial charge in [-0.15, -0.1) is 0 Å². The van der Waals surface area contributed by atoms with Crippen molar-refractivity contribution in [1.29, 1.82) is 0 Å². The van der Waals surface area contributed by atoms with E-state index in [-0.39, 0.29) is 5.91 Å². The van der Waals surface area contributed by atoms with Crippen LogP contribution in [0.15, 0.2) is 24.3 Å². The molecule has 0 bridgehead atoms. The lowest BCUT2D eigenvalue weighted by Gasteiger charge is -2.33. The Bertz CT molecular complexity index is 440. The van der Waals surface area contributed by atoms with Gasteiger partial charge in [-0.1, -0.05) is 12.1 Å². The van der Waals surface area contributed by atoms with E-state index in [0.717, 1.165) is 37.1 Å². The van der Waals surface area contributed by atoms with Gasteiger partial charge in [0.05, 0.1) is 12.1 Å². The first kappa shape index (κ1) is 14.0. The van der Waals surface area contributed by atoms with Crippen molar-refractivity contribution in [2.24, 2.45) is 0 Å². The number of rotatable bonds is 4. The first-order valence-corrected chi connectivity index (χ1v) is 6.78. The van der Waals surface area contributed by atoms with Gasteiger partial charge in [-0.05, 0) is 50.4 Å². The normalized spacial score (nSPS) is 23.1. The molecule has 0 saturated carbocycles. The van der Waals surface area contributed by atoms with Crippen LogP contribution < -0.4 is 10.6 Å². The largest absolute Gasteiger partial charge is 0.380 e. The molecule has 2 rings (SSSR count). The third-order valence-electron chi connectivity index (χ3n) is 3.62. The number of hydrogen-bond donors (Lipinski definition) is 2. The molecule has 0 radical (unpaired) electrons. The van der Waals surface area contributed by atoms with E-state index in [1.165, 1.54) is 0 Å². The fraction of sp³-hybridized carbons (Fsp3) is 0.533. The van der Waals surface area contributed by atoms with E-state index in [9.17, 15) is 4.79 Å². The molecule has 0 aromatic heterocycles. The molecule has 1 fully saturated rings. The number of nitrogens with one attached hydrogen (secondary N) is 2. The molecule has 1 aliphatic rings. The summed E-state index contributed by atoms with van der Waals surface area (Å²) in [5, 5.41) is 6.31. The van der Waals surface area contributed by atoms with Crippen molar-refractivity contribution in [2.75, 3.05) is 19.0 Å². The van der Waals surface area contributed by atoms with Crippen LogP contribution in [-0.4, -0.2) is 25.1 Å². The van der Waals surface area contributed by atoms with Crippen molar-refractivity contribution in [3.8, 4) is 0 Å². The molecule has 1 amide bonds. The molecule has 1 aromatic rings. The summed E-state index contributed by atoms with van der Waals surface area (Å²) in [5.41, 5.74) is 1.44. The summed E-state index contributed by atoms with van der Waals surface area (Å²) in [6, 6.07) is 7.77. The van der Waals surface area contributed by atoms with Gasteiger partial charge in [0.2, 0.25) is 5.91 Å². The van der Waals surface area contributed by atoms with Crippen LogP contribution in [0.3, 0.4) is 0 Å². The van der Waals surface area contributed by atoms with E-state index in [0.29, 0.717) is 6.61 Å². The Morgan fingerprint density at radius 1 is 1.47 bits per heavy atom. The molecule has 1 aromatic carbocycles. The molecule has 1 atom stereocenters. The summed E-state index contributed by atoms with van der Waals surface area (Å²) in [4.78, 5) is 12.4. The standard InChI is InChI=1S/C15H22N2O2/c1-15(8-3-4-9-16-15)14(18)17-13-7-5-6-12(10-13)11-19-2/h5-7,10,16H,3-4,8-9,11H2,1-2H3,(H,17,18). The minimum absolute atomic E-state index is 0.0433. The van der Waals surface area contributed by atoms with Gasteiger partial charge in [0.15, 0.2) is 0 Å². The Morgan fingerprint density at radius 2 is 2.32 bits per heavy atom. The predicted molar refractivity (Wildman–Crippen MR) is 76.0 cm³/mol. The summed E-state index contributed by atoms with van der Waals surface area (Å²) in [6.45, 7) is 3.44. The van der Waals surface area contributed by atoms with Crippen LogP contribution in [0.2, 0.25) is 0 Å². The van der Waals surface area contributed by atoms with Crippen LogP contribution in [0.25, 0.3) is 0 Å². The zero-order valence-electron chi connectivity index (χ0n) is 11.7. The molecular weight excluding hydrogens is 240 g/mol. The fourth-order valence-corrected chi connectivity index (χ4v) is 2.42. The van der Waals surface area contributed by atoms with Crippen LogP contribution in [0.4, 0.5) is 5.69 Å². The van der Waals surface area contributed by atoms with Gasteiger partial charge in [0.1, 0.15) is 0 Å². The zero-order chi connectivity index (χ0) is 13.7. The monoisotopic (exact) mass is 262 g/mol. The summed E-state index contributed by atoms with van der Waals surface area (Å²) < 4.78 is 5.10. The number of benzene rings is 1. The Balaban J connectivity index is 2.03. The minimum atomic E-state index is -0.449. The van der Waals surface area contributed by atoms with Gasteiger partial charge in [-0.3, -0.25) is 4.79 Å². The average Bonchev–Trinajstić information content (AvgIpc) is 2.40. The highest BCUT2D eigenvalue weighted by Crippen LogP contribution is 2.21. The lowest BCUT2D eigenvalue weighted by molar-refractivity contribution is -0.122. The maximum absolute atomic E-state index is 12.4. The molecule has 104 valence electrons. The SMILES string of the molecule is COCc1cccc(NC(=O)C2(C)CCCCN2)c1. The summed E-state index contributed by atoms with van der Waals surface area (Å²) >= 11 is 0. The van der Waals surface area contributed by atoms with E-state index in [4.69, 9.17) is 4.74 Å². The maximum Gasteiger partial charge on any atom is 0.244 e. The predicted octanol–water partition coefficient (Wildman–Crippen LogP) is 2.30. The number of hydrogen-bond acceptors (Lipinski definition) is 3. The van der Waals surface area contributed by atoms with Gasteiger partial charge < -0.3 is 15.4 Å². The van der Waals surface area contributed by atoms with E-state index in [1.54, 1.807) is 7.11 Å². The number of anilines is 1. The number of ether oxygens (including phenoxy) is 1. The smallest absolute Gasteiger partial charge is 0.244 e. The molecule has 0 spiro atoms. The van der Waals surface area contributed by atoms with E-state index in [2.05, 4.69) is 10.6 Å². The Kier molecular flexibility index (Phi) is 4.56. The highest BCUT2D eigenvalue weighted by atomic mass is 16.5. The van der Waals surface area contributed by atoms with Crippen molar-refractivity contribution >= 4 is 11.6 Å². The number of carbonyl (C=O) groups is 1. The molecule has 1 saturated heterocycles. The molecule has 4 heteroatoms. The first-order valence-electron chi connectivity index (χ1n) is 6.78. The average molecular weight is 262 g/mol. The highest BCUT2D eigenvalue weighted by Gasteiger charge is 2.34. The number of methoxy groups -OCH3 is 1. The molecule has 1 unspecified atom stereocenters. The van der Waals surface area contributed by atoms with Gasteiger partial charge in [-0.2, -0.15) is 0 Å². The number of carbonyl (C=O) groups excluding carboxylic acids is 1. The summed E-state index contributed by atoms with van der Waals surface area (Å²) in [6.07, 6.45) is 3.13. The second kappa shape index (κ2) is 6.17. The number of amides is 1. The van der Waals surface area contributed by atoms with Crippen LogP contribution in [0.5, 0.6) is 0 Å². The Labute approximate surface area is 114 Å². The molecule has 1 aliphatic heterocycles. The summed E-state index contributed by atoms with van der Waals surface area (Å²) in [7, 11) is 1.66. The maximum atomic E-state index is 12.4. The highest BCUT2D eigenvalue weighted by molar-refractivity contribution is 5.97. The minimum Gasteiger partial charge on any atom is -0.380 e. The Morgan fingerprint density at radius 3 is 3.00 bits per heavy atom. The van der Waals surface area contributed by atoms with E-state index < -0.39 is 5.54 Å². The van der Waals surface area contributed by atoms with Crippen molar-refractivity contribution in [3.63, 3.8) is 0 Å². The third kappa shape index (κ3) is 3.55. The molecular formula is C15H22N2O2. The Hall–Kier alpha value is -1.39. The molecule has 4 nitrogen and oxygen atoms in total. The van der Waals surface area contributed by atoms with Gasteiger partial charge in [0.25, 0.3) is 0 Å². The van der Waals surface area contributed by atoms with Crippen molar-refractivity contribution in [2.45, 2.75) is 38.3 Å². The lowest BCUT2D eigenvalue weighted by atomic mass is 9.90. The van der Waals surface area contributed by atoms with Crippen LogP contribution in [-0.2, 0) is 16.1 Å². The van der Waals surface area contributed by atoms with Crippen LogP contribution in [0, 0.1) is 0 Å². The van der Waals surface area contributed by atoms with Gasteiger partial charge in [-0.25, -0.2) is 0 Å². The second-order valence-electron chi connectivity index (χ2n) is 5.30. The fourth-order valence-electron chi connectivity index (χ4n) is 2.42. The van der Waals surface area contributed by atoms with E-state index in [1.807, 2.05) is 31.2 Å². The van der Waals surface area contributed by atoms with Crippen molar-refractivity contribution in [1.82, 2.24) is 5.32 Å². The van der Waals surface area contributed by atoms with Crippen molar-refractivity contribution in [3.05, 3.63) is 29.8 Å². The molecule has 0 aliphatic carbocycles. The topological polar surface area (TPSA) is 50.4 Å². The molecule has 2 N–H and O–H groups in total. The van der Waals surface area contributed by atoms with Crippen LogP contribution in [0.1, 0.15) is 31.7 Å². The molecule has 19 heavy (non-hydrogen) atoms. The third-order valence-corrected chi connectivity index (χ3v) is 3.62. The van der Waals surface area contributed by atoms with Crippen LogP contribution >= 0.6 is 0 Å². The van der Waals surface area contributed by atoms with Gasteiger partial charge in [0, 0.05) is 12.8 Å². The summed E-state index contributed by atoms with van der Waals surface area (Å²) in [5.74, 6) is 0.0433.